The van der Waals surface area contributed by atoms with E-state index in [1.165, 1.54) is 0 Å². The second-order valence-electron chi connectivity index (χ2n) is 8.01. The Hall–Kier alpha value is -2.67. The summed E-state index contributed by atoms with van der Waals surface area (Å²) in [6.07, 6.45) is 4.03. The molecule has 0 saturated heterocycles. The SMILES string of the molecule is Cc1cc(-c2cc(C(=O)NCC(N)C3CC3)c3cnn(C(C)C)c3n2)c(C)o1. The van der Waals surface area contributed by atoms with E-state index in [2.05, 4.69) is 10.4 Å². The van der Waals surface area contributed by atoms with Gasteiger partial charge in [0.2, 0.25) is 0 Å². The number of carbonyl (C=O) groups excluding carboxylic acids is 1. The normalized spacial score (nSPS) is 15.4. The van der Waals surface area contributed by atoms with Gasteiger partial charge < -0.3 is 15.5 Å². The fraction of sp³-hybridized carbons (Fsp3) is 0.476. The number of nitrogens with two attached hydrogens (primary N) is 1. The summed E-state index contributed by atoms with van der Waals surface area (Å²) in [4.78, 5) is 17.8. The first-order valence-corrected chi connectivity index (χ1v) is 9.84. The van der Waals surface area contributed by atoms with Crippen molar-refractivity contribution in [1.29, 1.82) is 0 Å². The summed E-state index contributed by atoms with van der Waals surface area (Å²) in [6, 6.07) is 3.92. The van der Waals surface area contributed by atoms with Crippen molar-refractivity contribution in [3.05, 3.63) is 35.4 Å². The van der Waals surface area contributed by atoms with Crippen LogP contribution in [0.5, 0.6) is 0 Å². The van der Waals surface area contributed by atoms with Crippen LogP contribution in [0.25, 0.3) is 22.3 Å². The highest BCUT2D eigenvalue weighted by atomic mass is 16.3. The van der Waals surface area contributed by atoms with Crippen molar-refractivity contribution in [3.8, 4) is 11.3 Å². The van der Waals surface area contributed by atoms with Crippen molar-refractivity contribution in [2.24, 2.45) is 11.7 Å². The predicted molar refractivity (Wildman–Crippen MR) is 108 cm³/mol. The fourth-order valence-electron chi connectivity index (χ4n) is 3.60. The first kappa shape index (κ1) is 18.7. The van der Waals surface area contributed by atoms with Crippen molar-refractivity contribution in [2.45, 2.75) is 52.6 Å². The number of pyridine rings is 1. The zero-order valence-corrected chi connectivity index (χ0v) is 16.8. The van der Waals surface area contributed by atoms with E-state index in [1.54, 1.807) is 6.20 Å². The van der Waals surface area contributed by atoms with Crippen molar-refractivity contribution >= 4 is 16.9 Å². The zero-order valence-electron chi connectivity index (χ0n) is 16.8. The molecule has 1 saturated carbocycles. The van der Waals surface area contributed by atoms with Gasteiger partial charge in [-0.3, -0.25) is 4.79 Å². The molecule has 4 rings (SSSR count). The molecule has 0 spiro atoms. The summed E-state index contributed by atoms with van der Waals surface area (Å²) in [5.74, 6) is 1.98. The monoisotopic (exact) mass is 381 g/mol. The van der Waals surface area contributed by atoms with Crippen LogP contribution in [0.4, 0.5) is 0 Å². The second-order valence-corrected chi connectivity index (χ2v) is 8.01. The molecule has 0 radical (unpaired) electrons. The van der Waals surface area contributed by atoms with Crippen LogP contribution in [0.3, 0.4) is 0 Å². The highest BCUT2D eigenvalue weighted by molar-refractivity contribution is 6.06. The largest absolute Gasteiger partial charge is 0.466 e. The van der Waals surface area contributed by atoms with E-state index in [0.29, 0.717) is 29.4 Å². The van der Waals surface area contributed by atoms with Gasteiger partial charge in [-0.2, -0.15) is 5.10 Å². The van der Waals surface area contributed by atoms with Crippen LogP contribution in [0.15, 0.2) is 22.7 Å². The summed E-state index contributed by atoms with van der Waals surface area (Å²) in [5.41, 5.74) is 9.01. The summed E-state index contributed by atoms with van der Waals surface area (Å²) >= 11 is 0. The van der Waals surface area contributed by atoms with Crippen LogP contribution in [0.1, 0.15) is 54.6 Å². The number of nitrogens with one attached hydrogen (secondary N) is 1. The highest BCUT2D eigenvalue weighted by Gasteiger charge is 2.29. The molecule has 1 atom stereocenters. The average Bonchev–Trinajstić information content (AvgIpc) is 3.32. The average molecular weight is 381 g/mol. The third-order valence-electron chi connectivity index (χ3n) is 5.34. The number of aromatic nitrogens is 3. The molecule has 148 valence electrons. The highest BCUT2D eigenvalue weighted by Crippen LogP contribution is 2.32. The van der Waals surface area contributed by atoms with Crippen molar-refractivity contribution in [1.82, 2.24) is 20.1 Å². The zero-order chi connectivity index (χ0) is 20.0. The van der Waals surface area contributed by atoms with Crippen LogP contribution in [-0.4, -0.2) is 33.3 Å². The smallest absolute Gasteiger partial charge is 0.252 e. The lowest BCUT2D eigenvalue weighted by atomic mass is 10.1. The van der Waals surface area contributed by atoms with Gasteiger partial charge in [0.25, 0.3) is 5.91 Å². The number of fused-ring (bicyclic) bond motifs is 1. The van der Waals surface area contributed by atoms with E-state index in [9.17, 15) is 4.79 Å². The summed E-state index contributed by atoms with van der Waals surface area (Å²) in [5, 5.41) is 8.20. The predicted octanol–water partition coefficient (Wildman–Crippen LogP) is 3.36. The molecule has 3 aromatic rings. The van der Waals surface area contributed by atoms with E-state index in [4.69, 9.17) is 15.1 Å². The van der Waals surface area contributed by atoms with Gasteiger partial charge in [-0.05, 0) is 58.6 Å². The summed E-state index contributed by atoms with van der Waals surface area (Å²) < 4.78 is 7.51. The molecule has 1 aliphatic carbocycles. The molecular weight excluding hydrogens is 354 g/mol. The van der Waals surface area contributed by atoms with Gasteiger partial charge in [-0.25, -0.2) is 9.67 Å². The molecule has 1 fully saturated rings. The number of hydrogen-bond donors (Lipinski definition) is 2. The summed E-state index contributed by atoms with van der Waals surface area (Å²) in [6.45, 7) is 8.37. The van der Waals surface area contributed by atoms with E-state index >= 15 is 0 Å². The van der Waals surface area contributed by atoms with Crippen LogP contribution >= 0.6 is 0 Å². The Morgan fingerprint density at radius 2 is 2.11 bits per heavy atom. The van der Waals surface area contributed by atoms with Crippen LogP contribution in [0.2, 0.25) is 0 Å². The molecule has 7 heteroatoms. The topological polar surface area (TPSA) is 99.0 Å². The lowest BCUT2D eigenvalue weighted by Crippen LogP contribution is -2.38. The Bertz CT molecular complexity index is 1030. The number of rotatable bonds is 6. The molecule has 3 aromatic heterocycles. The molecule has 3 heterocycles. The van der Waals surface area contributed by atoms with E-state index in [0.717, 1.165) is 35.3 Å². The minimum atomic E-state index is -0.147. The Kier molecular flexibility index (Phi) is 4.71. The molecule has 28 heavy (non-hydrogen) atoms. The summed E-state index contributed by atoms with van der Waals surface area (Å²) in [7, 11) is 0. The lowest BCUT2D eigenvalue weighted by molar-refractivity contribution is 0.0952. The Morgan fingerprint density at radius 1 is 1.36 bits per heavy atom. The van der Waals surface area contributed by atoms with Crippen molar-refractivity contribution < 1.29 is 9.21 Å². The standard InChI is InChI=1S/C21H27N5O2/c1-11(2)26-20-17(9-24-26)16(21(27)23-10-18(22)14-5-6-14)8-19(25-20)15-7-12(3)28-13(15)4/h7-9,11,14,18H,5-6,10,22H2,1-4H3,(H,23,27). The third-order valence-corrected chi connectivity index (χ3v) is 5.34. The first-order valence-electron chi connectivity index (χ1n) is 9.84. The van der Waals surface area contributed by atoms with Gasteiger partial charge in [0, 0.05) is 24.2 Å². The minimum absolute atomic E-state index is 0.0119. The van der Waals surface area contributed by atoms with Gasteiger partial charge in [0.05, 0.1) is 22.8 Å². The number of hydrogen-bond acceptors (Lipinski definition) is 5. The van der Waals surface area contributed by atoms with Crippen LogP contribution < -0.4 is 11.1 Å². The van der Waals surface area contributed by atoms with Gasteiger partial charge in [0.1, 0.15) is 11.5 Å². The van der Waals surface area contributed by atoms with E-state index < -0.39 is 0 Å². The maximum atomic E-state index is 13.0. The van der Waals surface area contributed by atoms with Gasteiger partial charge in [-0.15, -0.1) is 0 Å². The van der Waals surface area contributed by atoms with E-state index in [-0.39, 0.29) is 18.0 Å². The molecule has 1 unspecified atom stereocenters. The van der Waals surface area contributed by atoms with Gasteiger partial charge in [0.15, 0.2) is 5.65 Å². The Balaban J connectivity index is 1.77. The van der Waals surface area contributed by atoms with Crippen LogP contribution in [0, 0.1) is 19.8 Å². The molecule has 0 aromatic carbocycles. The van der Waals surface area contributed by atoms with Crippen molar-refractivity contribution in [3.63, 3.8) is 0 Å². The quantitative estimate of drug-likeness (QED) is 0.682. The number of nitrogens with zero attached hydrogens (tertiary/aromatic N) is 3. The molecule has 7 nitrogen and oxygen atoms in total. The molecular formula is C21H27N5O2. The Morgan fingerprint density at radius 3 is 2.71 bits per heavy atom. The molecule has 0 aliphatic heterocycles. The molecule has 0 bridgehead atoms. The minimum Gasteiger partial charge on any atom is -0.466 e. The second kappa shape index (κ2) is 7.05. The number of aryl methyl sites for hydroxylation is 2. The molecule has 1 amide bonds. The van der Waals surface area contributed by atoms with Gasteiger partial charge >= 0.3 is 0 Å². The van der Waals surface area contributed by atoms with E-state index in [1.807, 2.05) is 44.5 Å². The number of furan rings is 1. The fourth-order valence-corrected chi connectivity index (χ4v) is 3.60. The van der Waals surface area contributed by atoms with Crippen LogP contribution in [-0.2, 0) is 0 Å². The maximum absolute atomic E-state index is 13.0. The third kappa shape index (κ3) is 3.42. The molecule has 3 N–H and O–H groups in total. The maximum Gasteiger partial charge on any atom is 0.252 e. The Labute approximate surface area is 164 Å². The number of carbonyl (C=O) groups is 1. The van der Waals surface area contributed by atoms with Gasteiger partial charge in [-0.1, -0.05) is 0 Å². The lowest BCUT2D eigenvalue weighted by Gasteiger charge is -2.13. The first-order chi connectivity index (χ1) is 13.3. The number of amides is 1. The van der Waals surface area contributed by atoms with Crippen molar-refractivity contribution in [2.75, 3.05) is 6.54 Å². The molecule has 1 aliphatic rings.